The van der Waals surface area contributed by atoms with Crippen LogP contribution in [0.5, 0.6) is 5.75 Å². The lowest BCUT2D eigenvalue weighted by atomic mass is 10.1. The van der Waals surface area contributed by atoms with Crippen molar-refractivity contribution in [2.45, 2.75) is 12.6 Å². The zero-order valence-electron chi connectivity index (χ0n) is 11.0. The number of aromatic hydroxyl groups is 1. The van der Waals surface area contributed by atoms with Crippen LogP contribution >= 0.6 is 11.6 Å². The Kier molecular flexibility index (Phi) is 3.52. The second-order valence-electron chi connectivity index (χ2n) is 5.02. The van der Waals surface area contributed by atoms with Crippen molar-refractivity contribution in [2.24, 2.45) is 0 Å². The smallest absolute Gasteiger partial charge is 0.358 e. The minimum Gasteiger partial charge on any atom is -0.506 e. The molecule has 0 amide bonds. The van der Waals surface area contributed by atoms with E-state index in [2.05, 4.69) is 15.2 Å². The predicted octanol–water partition coefficient (Wildman–Crippen LogP) is 1.39. The van der Waals surface area contributed by atoms with Gasteiger partial charge in [-0.1, -0.05) is 22.9 Å². The first-order valence-electron chi connectivity index (χ1n) is 6.38. The number of aromatic carboxylic acids is 1. The van der Waals surface area contributed by atoms with E-state index in [0.29, 0.717) is 5.02 Å². The van der Waals surface area contributed by atoms with E-state index in [1.54, 1.807) is 16.8 Å². The third kappa shape index (κ3) is 2.84. The molecule has 2 aromatic rings. The largest absolute Gasteiger partial charge is 0.506 e. The molecule has 2 heterocycles. The number of carboxylic acids is 1. The summed E-state index contributed by atoms with van der Waals surface area (Å²) in [6, 6.07) is 5.28. The average molecular weight is 309 g/mol. The molecule has 3 rings (SSSR count). The molecule has 0 aliphatic carbocycles. The number of phenolic OH excluding ortho intramolecular Hbond substituents is 1. The Bertz CT molecular complexity index is 682. The van der Waals surface area contributed by atoms with Crippen molar-refractivity contribution >= 4 is 17.6 Å². The van der Waals surface area contributed by atoms with Crippen LogP contribution in [0.2, 0.25) is 5.02 Å². The Morgan fingerprint density at radius 1 is 1.43 bits per heavy atom. The molecular weight excluding hydrogens is 296 g/mol. The molecule has 1 aromatic heterocycles. The average Bonchev–Trinajstić information content (AvgIpc) is 2.87. The van der Waals surface area contributed by atoms with E-state index in [9.17, 15) is 9.90 Å². The number of likely N-dealkylation sites (tertiary alicyclic amines) is 1. The van der Waals surface area contributed by atoms with Gasteiger partial charge in [-0.05, 0) is 17.7 Å². The van der Waals surface area contributed by atoms with E-state index < -0.39 is 5.97 Å². The van der Waals surface area contributed by atoms with Crippen LogP contribution in [0.25, 0.3) is 0 Å². The molecule has 0 bridgehead atoms. The van der Waals surface area contributed by atoms with Crippen molar-refractivity contribution in [2.75, 3.05) is 13.1 Å². The number of benzene rings is 1. The molecule has 1 aliphatic rings. The summed E-state index contributed by atoms with van der Waals surface area (Å²) in [6.45, 7) is 2.25. The van der Waals surface area contributed by atoms with Gasteiger partial charge < -0.3 is 10.2 Å². The molecule has 8 heteroatoms. The number of nitrogens with zero attached hydrogens (tertiary/aromatic N) is 4. The molecule has 1 aliphatic heterocycles. The lowest BCUT2D eigenvalue weighted by Crippen LogP contribution is -2.47. The van der Waals surface area contributed by atoms with Gasteiger partial charge in [0.1, 0.15) is 5.75 Å². The number of hydrogen-bond donors (Lipinski definition) is 2. The van der Waals surface area contributed by atoms with Gasteiger partial charge in [-0.15, -0.1) is 5.10 Å². The number of hydrogen-bond acceptors (Lipinski definition) is 5. The summed E-state index contributed by atoms with van der Waals surface area (Å²) in [4.78, 5) is 12.9. The molecule has 1 aromatic carbocycles. The topological polar surface area (TPSA) is 91.5 Å². The fourth-order valence-electron chi connectivity index (χ4n) is 2.30. The van der Waals surface area contributed by atoms with E-state index in [1.165, 1.54) is 6.20 Å². The number of halogens is 1. The first-order chi connectivity index (χ1) is 10.0. The van der Waals surface area contributed by atoms with Gasteiger partial charge in [0, 0.05) is 19.6 Å². The highest BCUT2D eigenvalue weighted by atomic mass is 35.5. The van der Waals surface area contributed by atoms with Crippen LogP contribution in [0.3, 0.4) is 0 Å². The zero-order chi connectivity index (χ0) is 15.0. The molecule has 0 saturated carbocycles. The van der Waals surface area contributed by atoms with E-state index in [1.807, 2.05) is 6.07 Å². The molecule has 0 radical (unpaired) electrons. The van der Waals surface area contributed by atoms with Crippen LogP contribution in [0.4, 0.5) is 0 Å². The maximum Gasteiger partial charge on any atom is 0.358 e. The lowest BCUT2D eigenvalue weighted by molar-refractivity contribution is 0.0690. The number of phenols is 1. The highest BCUT2D eigenvalue weighted by Crippen LogP contribution is 2.27. The normalized spacial score (nSPS) is 15.9. The zero-order valence-corrected chi connectivity index (χ0v) is 11.7. The minimum atomic E-state index is -1.07. The van der Waals surface area contributed by atoms with Crippen LogP contribution in [-0.2, 0) is 6.54 Å². The number of carboxylic acid groups (broad SMARTS) is 1. The lowest BCUT2D eigenvalue weighted by Gasteiger charge is -2.38. The Balaban J connectivity index is 1.57. The van der Waals surface area contributed by atoms with Gasteiger partial charge in [-0.25, -0.2) is 9.48 Å². The quantitative estimate of drug-likeness (QED) is 0.887. The van der Waals surface area contributed by atoms with E-state index in [-0.39, 0.29) is 17.5 Å². The molecule has 0 unspecified atom stereocenters. The van der Waals surface area contributed by atoms with E-state index >= 15 is 0 Å². The van der Waals surface area contributed by atoms with Crippen molar-refractivity contribution < 1.29 is 15.0 Å². The Morgan fingerprint density at radius 3 is 2.81 bits per heavy atom. The van der Waals surface area contributed by atoms with Gasteiger partial charge in [0.2, 0.25) is 0 Å². The fraction of sp³-hybridized carbons (Fsp3) is 0.308. The first-order valence-corrected chi connectivity index (χ1v) is 6.75. The van der Waals surface area contributed by atoms with Crippen molar-refractivity contribution in [1.82, 2.24) is 19.9 Å². The Morgan fingerprint density at radius 2 is 2.19 bits per heavy atom. The third-order valence-electron chi connectivity index (χ3n) is 3.46. The highest BCUT2D eigenvalue weighted by Gasteiger charge is 2.29. The molecular formula is C13H13ClN4O3. The second kappa shape index (κ2) is 5.34. The maximum absolute atomic E-state index is 10.7. The summed E-state index contributed by atoms with van der Waals surface area (Å²) in [5.41, 5.74) is 0.972. The van der Waals surface area contributed by atoms with Gasteiger partial charge in [-0.3, -0.25) is 4.90 Å². The van der Waals surface area contributed by atoms with Crippen LogP contribution in [0.15, 0.2) is 24.4 Å². The Hall–Kier alpha value is -2.12. The summed E-state index contributed by atoms with van der Waals surface area (Å²) in [6.07, 6.45) is 1.45. The monoisotopic (exact) mass is 308 g/mol. The summed E-state index contributed by atoms with van der Waals surface area (Å²) in [5.74, 6) is -0.998. The fourth-order valence-corrected chi connectivity index (χ4v) is 2.50. The molecule has 0 atom stereocenters. The van der Waals surface area contributed by atoms with E-state index in [4.69, 9.17) is 16.7 Å². The summed E-state index contributed by atoms with van der Waals surface area (Å²) in [5, 5.41) is 26.0. The predicted molar refractivity (Wildman–Crippen MR) is 74.4 cm³/mol. The molecule has 7 nitrogen and oxygen atoms in total. The van der Waals surface area contributed by atoms with Gasteiger partial charge in [0.05, 0.1) is 17.3 Å². The first kappa shape index (κ1) is 13.8. The summed E-state index contributed by atoms with van der Waals surface area (Å²) in [7, 11) is 0. The SMILES string of the molecule is O=C(O)c1cn(C2CN(Cc3ccc(O)c(Cl)c3)C2)nn1. The molecule has 1 saturated heterocycles. The van der Waals surface area contributed by atoms with Crippen LogP contribution in [-0.4, -0.2) is 49.2 Å². The molecule has 1 fully saturated rings. The standard InChI is InChI=1S/C13H13ClN4O3/c14-10-3-8(1-2-12(10)19)4-17-5-9(6-17)18-7-11(13(20)21)15-16-18/h1-3,7,9,19H,4-6H2,(H,20,21). The summed E-state index contributed by atoms with van der Waals surface area (Å²) < 4.78 is 1.59. The van der Waals surface area contributed by atoms with Crippen molar-refractivity contribution in [3.05, 3.63) is 40.7 Å². The molecule has 0 spiro atoms. The van der Waals surface area contributed by atoms with Crippen molar-refractivity contribution in [1.29, 1.82) is 0 Å². The second-order valence-corrected chi connectivity index (χ2v) is 5.43. The Labute approximate surface area is 125 Å². The van der Waals surface area contributed by atoms with Gasteiger partial charge >= 0.3 is 5.97 Å². The molecule has 21 heavy (non-hydrogen) atoms. The molecule has 110 valence electrons. The summed E-state index contributed by atoms with van der Waals surface area (Å²) >= 11 is 5.87. The third-order valence-corrected chi connectivity index (χ3v) is 3.76. The highest BCUT2D eigenvalue weighted by molar-refractivity contribution is 6.32. The van der Waals surface area contributed by atoms with Crippen molar-refractivity contribution in [3.8, 4) is 5.75 Å². The van der Waals surface area contributed by atoms with Crippen LogP contribution in [0, 0.1) is 0 Å². The van der Waals surface area contributed by atoms with Crippen molar-refractivity contribution in [3.63, 3.8) is 0 Å². The maximum atomic E-state index is 10.7. The minimum absolute atomic E-state index is 0.0428. The number of rotatable bonds is 4. The van der Waals surface area contributed by atoms with Crippen LogP contribution in [0.1, 0.15) is 22.1 Å². The van der Waals surface area contributed by atoms with E-state index in [0.717, 1.165) is 25.2 Å². The van der Waals surface area contributed by atoms with Gasteiger partial charge in [0.25, 0.3) is 0 Å². The van der Waals surface area contributed by atoms with Gasteiger partial charge in [0.15, 0.2) is 5.69 Å². The molecule has 2 N–H and O–H groups in total. The number of aromatic nitrogens is 3. The van der Waals surface area contributed by atoms with Gasteiger partial charge in [-0.2, -0.15) is 0 Å². The van der Waals surface area contributed by atoms with Crippen LogP contribution < -0.4 is 0 Å². The number of carbonyl (C=O) groups is 1.